The first-order valence-corrected chi connectivity index (χ1v) is 5.48. The van der Waals surface area contributed by atoms with Gasteiger partial charge in [-0.25, -0.2) is 0 Å². The fourth-order valence-corrected chi connectivity index (χ4v) is 2.02. The first-order valence-electron chi connectivity index (χ1n) is 5.48. The molecule has 0 N–H and O–H groups in total. The average molecular weight is 210 g/mol. The Morgan fingerprint density at radius 3 is 3.07 bits per heavy atom. The van der Waals surface area contributed by atoms with Crippen LogP contribution in [0.1, 0.15) is 32.1 Å². The summed E-state index contributed by atoms with van der Waals surface area (Å²) >= 11 is 0. The van der Waals surface area contributed by atoms with Crippen LogP contribution in [0.15, 0.2) is 0 Å². The molecule has 0 spiro atoms. The highest BCUT2D eigenvalue weighted by atomic mass is 16.5. The Bertz CT molecular complexity index is 247. The number of rotatable bonds is 4. The second kappa shape index (κ2) is 6.41. The Labute approximate surface area is 90.8 Å². The summed E-state index contributed by atoms with van der Waals surface area (Å²) in [7, 11) is 1.43. The van der Waals surface area contributed by atoms with Crippen molar-refractivity contribution in [2.75, 3.05) is 20.2 Å². The van der Waals surface area contributed by atoms with Crippen molar-refractivity contribution < 1.29 is 9.53 Å². The number of esters is 1. The normalized spacial score (nSPS) is 22.0. The van der Waals surface area contributed by atoms with E-state index in [1.807, 2.05) is 0 Å². The second-order valence-electron chi connectivity index (χ2n) is 3.83. The highest BCUT2D eigenvalue weighted by Crippen LogP contribution is 2.18. The summed E-state index contributed by atoms with van der Waals surface area (Å²) in [5.74, 6) is -0.133. The van der Waals surface area contributed by atoms with E-state index in [4.69, 9.17) is 10.00 Å². The Kier molecular flexibility index (Phi) is 5.13. The molecule has 1 aliphatic heterocycles. The fraction of sp³-hybridized carbons (Fsp3) is 0.818. The van der Waals surface area contributed by atoms with E-state index in [-0.39, 0.29) is 12.0 Å². The smallest absolute Gasteiger partial charge is 0.323 e. The van der Waals surface area contributed by atoms with Crippen molar-refractivity contribution in [2.24, 2.45) is 0 Å². The van der Waals surface area contributed by atoms with Gasteiger partial charge in [0.2, 0.25) is 0 Å². The monoisotopic (exact) mass is 210 g/mol. The van der Waals surface area contributed by atoms with Crippen molar-refractivity contribution in [3.8, 4) is 6.07 Å². The number of ether oxygens (including phenoxy) is 1. The topological polar surface area (TPSA) is 53.3 Å². The molecule has 84 valence electrons. The van der Waals surface area contributed by atoms with Crippen LogP contribution in [0.2, 0.25) is 0 Å². The van der Waals surface area contributed by atoms with Crippen molar-refractivity contribution >= 4 is 5.97 Å². The molecule has 4 heteroatoms. The van der Waals surface area contributed by atoms with Crippen LogP contribution >= 0.6 is 0 Å². The van der Waals surface area contributed by atoms with Gasteiger partial charge >= 0.3 is 5.97 Å². The summed E-state index contributed by atoms with van der Waals surface area (Å²) in [5, 5.41) is 8.46. The van der Waals surface area contributed by atoms with Gasteiger partial charge in [-0.15, -0.1) is 0 Å². The minimum absolute atomic E-state index is 0.0811. The Balaban J connectivity index is 2.43. The predicted octanol–water partition coefficient (Wildman–Crippen LogP) is 1.32. The molecule has 0 saturated carbocycles. The van der Waals surface area contributed by atoms with Gasteiger partial charge in [0, 0.05) is 6.42 Å². The molecule has 1 fully saturated rings. The molecule has 1 aliphatic rings. The van der Waals surface area contributed by atoms with Crippen LogP contribution < -0.4 is 0 Å². The number of unbranched alkanes of at least 4 members (excludes halogenated alkanes) is 1. The van der Waals surface area contributed by atoms with Crippen molar-refractivity contribution in [1.29, 1.82) is 5.26 Å². The zero-order chi connectivity index (χ0) is 11.1. The summed E-state index contributed by atoms with van der Waals surface area (Å²) < 4.78 is 4.78. The molecule has 0 unspecified atom stereocenters. The lowest BCUT2D eigenvalue weighted by atomic mass is 10.0. The Morgan fingerprint density at radius 1 is 1.60 bits per heavy atom. The predicted molar refractivity (Wildman–Crippen MR) is 56.1 cm³/mol. The van der Waals surface area contributed by atoms with Gasteiger partial charge in [-0.05, 0) is 32.4 Å². The van der Waals surface area contributed by atoms with Crippen molar-refractivity contribution in [3.63, 3.8) is 0 Å². The van der Waals surface area contributed by atoms with Gasteiger partial charge in [0.1, 0.15) is 6.04 Å². The van der Waals surface area contributed by atoms with E-state index in [2.05, 4.69) is 11.0 Å². The number of nitriles is 1. The molecule has 0 aromatic rings. The quantitative estimate of drug-likeness (QED) is 0.518. The van der Waals surface area contributed by atoms with Crippen LogP contribution in [0.3, 0.4) is 0 Å². The summed E-state index contributed by atoms with van der Waals surface area (Å²) in [5.41, 5.74) is 0. The summed E-state index contributed by atoms with van der Waals surface area (Å²) in [6, 6.07) is 2.04. The van der Waals surface area contributed by atoms with Crippen LogP contribution in [0.5, 0.6) is 0 Å². The van der Waals surface area contributed by atoms with E-state index in [1.54, 1.807) is 0 Å². The number of hydrogen-bond donors (Lipinski definition) is 0. The van der Waals surface area contributed by atoms with Crippen LogP contribution in [-0.4, -0.2) is 37.1 Å². The molecule has 1 saturated heterocycles. The fourth-order valence-electron chi connectivity index (χ4n) is 2.02. The van der Waals surface area contributed by atoms with E-state index in [1.165, 1.54) is 7.11 Å². The standard InChI is InChI=1S/C11H18N2O2/c1-15-11(14)10-6-2-4-8-13(10)9-5-3-7-12/h10H,2-6,8-9H2,1H3/t10-/m1/s1. The van der Waals surface area contributed by atoms with Crippen molar-refractivity contribution in [3.05, 3.63) is 0 Å². The van der Waals surface area contributed by atoms with Crippen molar-refractivity contribution in [1.82, 2.24) is 4.90 Å². The van der Waals surface area contributed by atoms with E-state index in [0.29, 0.717) is 6.42 Å². The minimum atomic E-state index is -0.133. The molecule has 0 aliphatic carbocycles. The maximum absolute atomic E-state index is 11.5. The van der Waals surface area contributed by atoms with Gasteiger partial charge in [-0.1, -0.05) is 6.42 Å². The molecule has 0 aromatic heterocycles. The molecule has 1 atom stereocenters. The average Bonchev–Trinajstić information content (AvgIpc) is 2.29. The number of hydrogen-bond acceptors (Lipinski definition) is 4. The Hall–Kier alpha value is -1.08. The van der Waals surface area contributed by atoms with Gasteiger partial charge in [-0.2, -0.15) is 5.26 Å². The molecular weight excluding hydrogens is 192 g/mol. The first-order chi connectivity index (χ1) is 7.29. The van der Waals surface area contributed by atoms with Gasteiger partial charge in [0.15, 0.2) is 0 Å². The molecule has 0 bridgehead atoms. The van der Waals surface area contributed by atoms with Gasteiger partial charge in [0.05, 0.1) is 13.2 Å². The third-order valence-electron chi connectivity index (χ3n) is 2.82. The molecule has 4 nitrogen and oxygen atoms in total. The van der Waals surface area contributed by atoms with E-state index >= 15 is 0 Å². The van der Waals surface area contributed by atoms with E-state index < -0.39 is 0 Å². The lowest BCUT2D eigenvalue weighted by Gasteiger charge is -2.33. The largest absolute Gasteiger partial charge is 0.468 e. The number of likely N-dealkylation sites (tertiary alicyclic amines) is 1. The third kappa shape index (κ3) is 3.52. The number of carbonyl (C=O) groups excluding carboxylic acids is 1. The maximum Gasteiger partial charge on any atom is 0.323 e. The Morgan fingerprint density at radius 2 is 2.40 bits per heavy atom. The lowest BCUT2D eigenvalue weighted by molar-refractivity contribution is -0.148. The first kappa shape index (κ1) is 12.0. The summed E-state index contributed by atoms with van der Waals surface area (Å²) in [6.45, 7) is 1.78. The summed E-state index contributed by atoms with van der Waals surface area (Å²) in [6.07, 6.45) is 4.52. The molecule has 15 heavy (non-hydrogen) atoms. The highest BCUT2D eigenvalue weighted by molar-refractivity contribution is 5.75. The van der Waals surface area contributed by atoms with Gasteiger partial charge in [-0.3, -0.25) is 9.69 Å². The highest BCUT2D eigenvalue weighted by Gasteiger charge is 2.28. The van der Waals surface area contributed by atoms with Gasteiger partial charge < -0.3 is 4.74 Å². The van der Waals surface area contributed by atoms with Crippen molar-refractivity contribution in [2.45, 2.75) is 38.1 Å². The van der Waals surface area contributed by atoms with Crippen LogP contribution in [0.4, 0.5) is 0 Å². The third-order valence-corrected chi connectivity index (χ3v) is 2.82. The minimum Gasteiger partial charge on any atom is -0.468 e. The summed E-state index contributed by atoms with van der Waals surface area (Å²) in [4.78, 5) is 13.6. The second-order valence-corrected chi connectivity index (χ2v) is 3.83. The zero-order valence-corrected chi connectivity index (χ0v) is 9.24. The maximum atomic E-state index is 11.5. The SMILES string of the molecule is COC(=O)[C@H]1CCCCN1CCCC#N. The number of methoxy groups -OCH3 is 1. The molecule has 0 amide bonds. The molecule has 0 radical (unpaired) electrons. The number of piperidine rings is 1. The molecular formula is C11H18N2O2. The zero-order valence-electron chi connectivity index (χ0n) is 9.24. The molecule has 0 aromatic carbocycles. The van der Waals surface area contributed by atoms with Crippen LogP contribution in [0.25, 0.3) is 0 Å². The lowest BCUT2D eigenvalue weighted by Crippen LogP contribution is -2.45. The van der Waals surface area contributed by atoms with Crippen LogP contribution in [0, 0.1) is 11.3 Å². The molecule has 1 rings (SSSR count). The molecule has 1 heterocycles. The van der Waals surface area contributed by atoms with E-state index in [9.17, 15) is 4.79 Å². The number of carbonyl (C=O) groups is 1. The number of nitrogens with zero attached hydrogens (tertiary/aromatic N) is 2. The van der Waals surface area contributed by atoms with E-state index in [0.717, 1.165) is 38.8 Å². The van der Waals surface area contributed by atoms with Gasteiger partial charge in [0.25, 0.3) is 0 Å². The van der Waals surface area contributed by atoms with Crippen LogP contribution in [-0.2, 0) is 9.53 Å².